The van der Waals surface area contributed by atoms with Crippen LogP contribution in [-0.2, 0) is 0 Å². The highest BCUT2D eigenvalue weighted by atomic mass is 16.6. The van der Waals surface area contributed by atoms with E-state index in [4.69, 9.17) is 4.74 Å². The van der Waals surface area contributed by atoms with Gasteiger partial charge in [-0.3, -0.25) is 14.9 Å². The van der Waals surface area contributed by atoms with Crippen LogP contribution in [0.3, 0.4) is 0 Å². The molecule has 0 unspecified atom stereocenters. The Balaban J connectivity index is 2.31. The lowest BCUT2D eigenvalue weighted by molar-refractivity contribution is -0.385. The monoisotopic (exact) mass is 292 g/mol. The van der Waals surface area contributed by atoms with Crippen molar-refractivity contribution >= 4 is 16.6 Å². The van der Waals surface area contributed by atoms with Gasteiger partial charge in [0.1, 0.15) is 0 Å². The third-order valence-corrected chi connectivity index (χ3v) is 2.93. The Morgan fingerprint density at radius 3 is 2.86 bits per heavy atom. The van der Waals surface area contributed by atoms with Gasteiger partial charge in [-0.05, 0) is 20.5 Å². The maximum absolute atomic E-state index is 11.6. The highest BCUT2D eigenvalue weighted by molar-refractivity contribution is 5.82. The van der Waals surface area contributed by atoms with Gasteiger partial charge >= 0.3 is 5.69 Å². The number of H-pyrrole nitrogens is 1. The predicted molar refractivity (Wildman–Crippen MR) is 77.7 cm³/mol. The highest BCUT2D eigenvalue weighted by Crippen LogP contribution is 2.30. The van der Waals surface area contributed by atoms with Crippen molar-refractivity contribution in [2.45, 2.75) is 6.42 Å². The fourth-order valence-electron chi connectivity index (χ4n) is 1.91. The quantitative estimate of drug-likeness (QED) is 0.487. The predicted octanol–water partition coefficient (Wildman–Crippen LogP) is 1.16. The van der Waals surface area contributed by atoms with Crippen molar-refractivity contribution in [3.63, 3.8) is 0 Å². The maximum Gasteiger partial charge on any atom is 0.311 e. The van der Waals surface area contributed by atoms with Crippen molar-refractivity contribution in [2.75, 3.05) is 27.2 Å². The average Bonchev–Trinajstić information content (AvgIpc) is 2.43. The molecule has 0 aliphatic heterocycles. The molecule has 1 N–H and O–H groups in total. The Bertz CT molecular complexity index is 711. The van der Waals surface area contributed by atoms with E-state index in [1.807, 2.05) is 19.0 Å². The molecule has 0 saturated heterocycles. The van der Waals surface area contributed by atoms with Gasteiger partial charge in [0, 0.05) is 18.7 Å². The third kappa shape index (κ3) is 3.54. The molecule has 1 aromatic heterocycles. The number of aromatic nitrogens is 2. The number of rotatable bonds is 6. The first kappa shape index (κ1) is 14.9. The van der Waals surface area contributed by atoms with Crippen molar-refractivity contribution in [1.29, 1.82) is 0 Å². The average molecular weight is 292 g/mol. The number of nitrogens with one attached hydrogen (secondary N) is 1. The highest BCUT2D eigenvalue weighted by Gasteiger charge is 2.18. The second-order valence-electron chi connectivity index (χ2n) is 4.83. The molecule has 0 fully saturated rings. The molecule has 1 heterocycles. The molecule has 1 aromatic carbocycles. The molecule has 0 amide bonds. The lowest BCUT2D eigenvalue weighted by atomic mass is 10.2. The standard InChI is InChI=1S/C13H16N4O4/c1-16(2)4-3-5-21-12-7-10-9(6-11(12)17(19)20)13(18)15-8-14-10/h6-8H,3-5H2,1-2H3,(H,14,15,18). The first-order chi connectivity index (χ1) is 9.99. The first-order valence-electron chi connectivity index (χ1n) is 6.42. The lowest BCUT2D eigenvalue weighted by Crippen LogP contribution is -2.15. The SMILES string of the molecule is CN(C)CCCOc1cc2nc[nH]c(=O)c2cc1[N+](=O)[O-]. The van der Waals surface area contributed by atoms with Crippen molar-refractivity contribution in [1.82, 2.24) is 14.9 Å². The number of hydrogen-bond acceptors (Lipinski definition) is 6. The van der Waals surface area contributed by atoms with E-state index < -0.39 is 10.5 Å². The second-order valence-corrected chi connectivity index (χ2v) is 4.83. The van der Waals surface area contributed by atoms with Crippen LogP contribution in [0.2, 0.25) is 0 Å². The topological polar surface area (TPSA) is 101 Å². The normalized spacial score (nSPS) is 11.0. The molecule has 0 aliphatic carbocycles. The summed E-state index contributed by atoms with van der Waals surface area (Å²) in [5.41, 5.74) is -0.278. The summed E-state index contributed by atoms with van der Waals surface area (Å²) >= 11 is 0. The Labute approximate surface area is 120 Å². The number of nitro groups is 1. The van der Waals surface area contributed by atoms with Gasteiger partial charge in [0.25, 0.3) is 5.56 Å². The molecule has 0 atom stereocenters. The molecular weight excluding hydrogens is 276 g/mol. The summed E-state index contributed by atoms with van der Waals surface area (Å²) in [4.78, 5) is 30.6. The number of fused-ring (bicyclic) bond motifs is 1. The molecule has 0 saturated carbocycles. The minimum atomic E-state index is -0.562. The van der Waals surface area contributed by atoms with Crippen LogP contribution in [0.15, 0.2) is 23.3 Å². The van der Waals surface area contributed by atoms with Crippen molar-refractivity contribution in [2.24, 2.45) is 0 Å². The van der Waals surface area contributed by atoms with E-state index in [-0.39, 0.29) is 16.8 Å². The Morgan fingerprint density at radius 1 is 1.43 bits per heavy atom. The largest absolute Gasteiger partial charge is 0.487 e. The molecule has 8 nitrogen and oxygen atoms in total. The molecule has 2 aromatic rings. The van der Waals surface area contributed by atoms with Crippen LogP contribution in [-0.4, -0.2) is 47.0 Å². The molecule has 0 aliphatic rings. The number of nitrogens with zero attached hydrogens (tertiary/aromatic N) is 3. The van der Waals surface area contributed by atoms with Gasteiger partial charge in [0.05, 0.1) is 28.8 Å². The van der Waals surface area contributed by atoms with Gasteiger partial charge in [-0.1, -0.05) is 0 Å². The van der Waals surface area contributed by atoms with Crippen LogP contribution in [0.4, 0.5) is 5.69 Å². The third-order valence-electron chi connectivity index (χ3n) is 2.93. The lowest BCUT2D eigenvalue weighted by Gasteiger charge is -2.10. The Morgan fingerprint density at radius 2 is 2.19 bits per heavy atom. The van der Waals surface area contributed by atoms with Gasteiger partial charge < -0.3 is 14.6 Å². The molecule has 0 radical (unpaired) electrons. The zero-order valence-corrected chi connectivity index (χ0v) is 11.8. The smallest absolute Gasteiger partial charge is 0.311 e. The molecule has 0 bridgehead atoms. The zero-order valence-electron chi connectivity index (χ0n) is 11.8. The molecule has 0 spiro atoms. The van der Waals surface area contributed by atoms with Gasteiger partial charge in [0.15, 0.2) is 5.75 Å². The molecule has 8 heteroatoms. The summed E-state index contributed by atoms with van der Waals surface area (Å²) in [6.45, 7) is 1.17. The van der Waals surface area contributed by atoms with E-state index >= 15 is 0 Å². The van der Waals surface area contributed by atoms with Crippen molar-refractivity contribution < 1.29 is 9.66 Å². The molecular formula is C13H16N4O4. The van der Waals surface area contributed by atoms with E-state index in [1.54, 1.807) is 0 Å². The number of nitro benzene ring substituents is 1. The second kappa shape index (κ2) is 6.31. The first-order valence-corrected chi connectivity index (χ1v) is 6.42. The van der Waals surface area contributed by atoms with Crippen LogP contribution < -0.4 is 10.3 Å². The van der Waals surface area contributed by atoms with Crippen LogP contribution in [0.5, 0.6) is 5.75 Å². The van der Waals surface area contributed by atoms with E-state index in [9.17, 15) is 14.9 Å². The van der Waals surface area contributed by atoms with Crippen molar-refractivity contribution in [3.8, 4) is 5.75 Å². The summed E-state index contributed by atoms with van der Waals surface area (Å²) in [5.74, 6) is 0.129. The van der Waals surface area contributed by atoms with E-state index in [0.29, 0.717) is 12.1 Å². The summed E-state index contributed by atoms with van der Waals surface area (Å²) in [6.07, 6.45) is 2.00. The van der Waals surface area contributed by atoms with Crippen LogP contribution in [0.1, 0.15) is 6.42 Å². The number of aromatic amines is 1. The fraction of sp³-hybridized carbons (Fsp3) is 0.385. The number of hydrogen-bond donors (Lipinski definition) is 1. The molecule has 2 rings (SSSR count). The van der Waals surface area contributed by atoms with E-state index in [0.717, 1.165) is 13.0 Å². The Hall–Kier alpha value is -2.48. The van der Waals surface area contributed by atoms with Gasteiger partial charge in [-0.25, -0.2) is 4.98 Å². The van der Waals surface area contributed by atoms with E-state index in [2.05, 4.69) is 9.97 Å². The summed E-state index contributed by atoms with van der Waals surface area (Å²) in [5, 5.41) is 11.3. The minimum Gasteiger partial charge on any atom is -0.487 e. The van der Waals surface area contributed by atoms with Crippen LogP contribution >= 0.6 is 0 Å². The Kier molecular flexibility index (Phi) is 4.49. The van der Waals surface area contributed by atoms with Gasteiger partial charge in [0.2, 0.25) is 0 Å². The number of benzene rings is 1. The zero-order chi connectivity index (χ0) is 15.4. The molecule has 112 valence electrons. The van der Waals surface area contributed by atoms with E-state index in [1.165, 1.54) is 18.5 Å². The molecule has 21 heavy (non-hydrogen) atoms. The summed E-state index contributed by atoms with van der Waals surface area (Å²) < 4.78 is 5.48. The van der Waals surface area contributed by atoms with Crippen LogP contribution in [0, 0.1) is 10.1 Å². The van der Waals surface area contributed by atoms with Crippen molar-refractivity contribution in [3.05, 3.63) is 38.9 Å². The van der Waals surface area contributed by atoms with Gasteiger partial charge in [-0.2, -0.15) is 0 Å². The summed E-state index contributed by atoms with van der Waals surface area (Å²) in [6, 6.07) is 2.63. The summed E-state index contributed by atoms with van der Waals surface area (Å²) in [7, 11) is 3.88. The van der Waals surface area contributed by atoms with Gasteiger partial charge in [-0.15, -0.1) is 0 Å². The minimum absolute atomic E-state index is 0.129. The van der Waals surface area contributed by atoms with Crippen LogP contribution in [0.25, 0.3) is 10.9 Å². The fourth-order valence-corrected chi connectivity index (χ4v) is 1.91. The maximum atomic E-state index is 11.6. The number of ether oxygens (including phenoxy) is 1.